The van der Waals surface area contributed by atoms with Crippen LogP contribution in [0.4, 0.5) is 5.69 Å². The average molecular weight is 306 g/mol. The van der Waals surface area contributed by atoms with Crippen LogP contribution in [0.3, 0.4) is 0 Å². The molecule has 4 aromatic rings. The highest BCUT2D eigenvalue weighted by Crippen LogP contribution is 2.15. The van der Waals surface area contributed by atoms with Crippen LogP contribution in [0.5, 0.6) is 0 Å². The van der Waals surface area contributed by atoms with Crippen molar-refractivity contribution in [2.24, 2.45) is 0 Å². The van der Waals surface area contributed by atoms with Crippen LogP contribution in [0.15, 0.2) is 53.7 Å². The molecule has 2 N–H and O–H groups in total. The minimum atomic E-state index is -0.480. The second-order valence-corrected chi connectivity index (χ2v) is 4.84. The van der Waals surface area contributed by atoms with E-state index in [9.17, 15) is 9.59 Å². The van der Waals surface area contributed by atoms with E-state index in [0.717, 1.165) is 11.0 Å². The molecule has 1 aromatic carbocycles. The molecule has 112 valence electrons. The number of hydrogen-bond acceptors (Lipinski definition) is 5. The number of nitrogens with one attached hydrogen (secondary N) is 2. The topological polar surface area (TPSA) is 105 Å². The molecule has 3 aromatic heterocycles. The summed E-state index contributed by atoms with van der Waals surface area (Å²) < 4.78 is 1.81. The Morgan fingerprint density at radius 1 is 1.17 bits per heavy atom. The highest BCUT2D eigenvalue weighted by Gasteiger charge is 2.11. The second kappa shape index (κ2) is 5.02. The van der Waals surface area contributed by atoms with Gasteiger partial charge in [0.05, 0.1) is 22.9 Å². The Kier molecular flexibility index (Phi) is 2.87. The van der Waals surface area contributed by atoms with Crippen LogP contribution < -0.4 is 11.0 Å². The summed E-state index contributed by atoms with van der Waals surface area (Å²) in [4.78, 5) is 37.7. The van der Waals surface area contributed by atoms with Crippen LogP contribution in [-0.4, -0.2) is 30.2 Å². The molecule has 0 spiro atoms. The molecule has 0 atom stereocenters. The third-order valence-electron chi connectivity index (χ3n) is 3.34. The number of carbonyl (C=O) groups excluding carboxylic acids is 1. The van der Waals surface area contributed by atoms with Crippen molar-refractivity contribution in [3.63, 3.8) is 0 Å². The van der Waals surface area contributed by atoms with Gasteiger partial charge in [0, 0.05) is 12.4 Å². The maximum atomic E-state index is 12.2. The van der Waals surface area contributed by atoms with E-state index in [0.29, 0.717) is 11.5 Å². The highest BCUT2D eigenvalue weighted by molar-refractivity contribution is 6.03. The van der Waals surface area contributed by atoms with Crippen molar-refractivity contribution in [3.8, 4) is 0 Å². The van der Waals surface area contributed by atoms with Gasteiger partial charge in [0.1, 0.15) is 5.69 Å². The SMILES string of the molecule is O=C(Nc1cnc(=O)[nH]c1)c1ccn2c(n1)nc1ccccc12. The molecule has 8 nitrogen and oxygen atoms in total. The fourth-order valence-electron chi connectivity index (χ4n) is 2.28. The fraction of sp³-hybridized carbons (Fsp3) is 0. The van der Waals surface area contributed by atoms with Crippen molar-refractivity contribution in [3.05, 3.63) is 65.1 Å². The van der Waals surface area contributed by atoms with E-state index in [2.05, 4.69) is 25.3 Å². The number of aromatic amines is 1. The van der Waals surface area contributed by atoms with Crippen molar-refractivity contribution in [2.45, 2.75) is 0 Å². The Morgan fingerprint density at radius 2 is 2.04 bits per heavy atom. The zero-order chi connectivity index (χ0) is 15.8. The van der Waals surface area contributed by atoms with Crippen LogP contribution in [-0.2, 0) is 0 Å². The first-order valence-electron chi connectivity index (χ1n) is 6.81. The van der Waals surface area contributed by atoms with Crippen LogP contribution in [0, 0.1) is 0 Å². The Labute approximate surface area is 128 Å². The largest absolute Gasteiger partial charge is 0.345 e. The summed E-state index contributed by atoms with van der Waals surface area (Å²) in [5, 5.41) is 2.61. The van der Waals surface area contributed by atoms with Crippen LogP contribution >= 0.6 is 0 Å². The number of anilines is 1. The number of rotatable bonds is 2. The number of amides is 1. The molecule has 0 saturated carbocycles. The standard InChI is InChI=1S/C15H10N6O2/c22-13(18-9-7-16-15(23)17-8-9)11-5-6-21-12-4-2-1-3-10(12)19-14(21)20-11/h1-8H,(H,18,22)(H,16,17,23). The molecule has 1 amide bonds. The molecule has 0 bridgehead atoms. The van der Waals surface area contributed by atoms with Gasteiger partial charge < -0.3 is 10.3 Å². The van der Waals surface area contributed by atoms with Crippen molar-refractivity contribution in [2.75, 3.05) is 5.32 Å². The van der Waals surface area contributed by atoms with Crippen molar-refractivity contribution < 1.29 is 4.79 Å². The minimum absolute atomic E-state index is 0.221. The number of para-hydroxylation sites is 2. The lowest BCUT2D eigenvalue weighted by molar-refractivity contribution is 0.102. The van der Waals surface area contributed by atoms with Gasteiger partial charge in [-0.2, -0.15) is 4.98 Å². The number of hydrogen-bond donors (Lipinski definition) is 2. The van der Waals surface area contributed by atoms with Gasteiger partial charge >= 0.3 is 5.69 Å². The van der Waals surface area contributed by atoms with Crippen LogP contribution in [0.25, 0.3) is 16.8 Å². The molecule has 0 unspecified atom stereocenters. The van der Waals surface area contributed by atoms with Gasteiger partial charge in [-0.05, 0) is 18.2 Å². The van der Waals surface area contributed by atoms with Crippen molar-refractivity contribution in [1.29, 1.82) is 0 Å². The van der Waals surface area contributed by atoms with E-state index in [4.69, 9.17) is 0 Å². The first kappa shape index (κ1) is 13.1. The Morgan fingerprint density at radius 3 is 2.87 bits per heavy atom. The van der Waals surface area contributed by atoms with E-state index < -0.39 is 11.6 Å². The Hall–Kier alpha value is -3.55. The van der Waals surface area contributed by atoms with Gasteiger partial charge in [0.2, 0.25) is 5.78 Å². The zero-order valence-electron chi connectivity index (χ0n) is 11.7. The van der Waals surface area contributed by atoms with Crippen LogP contribution in [0.1, 0.15) is 10.5 Å². The van der Waals surface area contributed by atoms with E-state index in [1.807, 2.05) is 28.7 Å². The highest BCUT2D eigenvalue weighted by atomic mass is 16.2. The summed E-state index contributed by atoms with van der Waals surface area (Å²) in [6, 6.07) is 9.24. The van der Waals surface area contributed by atoms with E-state index >= 15 is 0 Å². The number of fused-ring (bicyclic) bond motifs is 3. The molecule has 0 fully saturated rings. The zero-order valence-corrected chi connectivity index (χ0v) is 11.7. The van der Waals surface area contributed by atoms with Gasteiger partial charge in [0.25, 0.3) is 5.91 Å². The summed E-state index contributed by atoms with van der Waals surface area (Å²) in [5.74, 6) is 0.0341. The Balaban J connectivity index is 1.70. The lowest BCUT2D eigenvalue weighted by Gasteiger charge is -2.03. The number of nitrogens with zero attached hydrogens (tertiary/aromatic N) is 4. The third kappa shape index (κ3) is 2.31. The maximum absolute atomic E-state index is 12.2. The number of imidazole rings is 1. The molecule has 8 heteroatoms. The lowest BCUT2D eigenvalue weighted by Crippen LogP contribution is -2.16. The number of H-pyrrole nitrogens is 1. The molecule has 0 radical (unpaired) electrons. The van der Waals surface area contributed by atoms with Gasteiger partial charge in [-0.15, -0.1) is 0 Å². The summed E-state index contributed by atoms with van der Waals surface area (Å²) in [5.41, 5.74) is 1.85. The van der Waals surface area contributed by atoms with Gasteiger partial charge in [0.15, 0.2) is 0 Å². The average Bonchev–Trinajstić information content (AvgIpc) is 2.94. The molecule has 23 heavy (non-hydrogen) atoms. The van der Waals surface area contributed by atoms with E-state index in [1.165, 1.54) is 12.4 Å². The van der Waals surface area contributed by atoms with Gasteiger partial charge in [-0.3, -0.25) is 9.20 Å². The summed E-state index contributed by atoms with van der Waals surface area (Å²) >= 11 is 0. The first-order chi connectivity index (χ1) is 11.2. The first-order valence-corrected chi connectivity index (χ1v) is 6.81. The third-order valence-corrected chi connectivity index (χ3v) is 3.34. The lowest BCUT2D eigenvalue weighted by atomic mass is 10.3. The number of carbonyl (C=O) groups is 1. The summed E-state index contributed by atoms with van der Waals surface area (Å²) in [6.07, 6.45) is 4.40. The smallest absolute Gasteiger partial charge is 0.318 e. The predicted molar refractivity (Wildman–Crippen MR) is 83.3 cm³/mol. The molecular weight excluding hydrogens is 296 g/mol. The van der Waals surface area contributed by atoms with E-state index in [-0.39, 0.29) is 5.69 Å². The van der Waals surface area contributed by atoms with Gasteiger partial charge in [-0.25, -0.2) is 14.8 Å². The Bertz CT molecular complexity index is 1080. The molecular formula is C15H10N6O2. The van der Waals surface area contributed by atoms with Crippen molar-refractivity contribution >= 4 is 28.4 Å². The fourth-order valence-corrected chi connectivity index (χ4v) is 2.28. The van der Waals surface area contributed by atoms with Crippen LogP contribution in [0.2, 0.25) is 0 Å². The quantitative estimate of drug-likeness (QED) is 0.579. The second-order valence-electron chi connectivity index (χ2n) is 4.84. The molecule has 0 aliphatic heterocycles. The van der Waals surface area contributed by atoms with Gasteiger partial charge in [-0.1, -0.05) is 12.1 Å². The normalized spacial score (nSPS) is 11.0. The molecule has 0 aliphatic rings. The summed E-state index contributed by atoms with van der Waals surface area (Å²) in [7, 11) is 0. The van der Waals surface area contributed by atoms with E-state index in [1.54, 1.807) is 12.3 Å². The molecule has 4 rings (SSSR count). The summed E-state index contributed by atoms with van der Waals surface area (Å²) in [6.45, 7) is 0. The van der Waals surface area contributed by atoms with Crippen molar-refractivity contribution in [1.82, 2.24) is 24.3 Å². The molecule has 0 aliphatic carbocycles. The minimum Gasteiger partial charge on any atom is -0.318 e. The predicted octanol–water partition coefficient (Wildman–Crippen LogP) is 1.22. The molecule has 3 heterocycles. The number of aromatic nitrogens is 5. The number of benzene rings is 1. The maximum Gasteiger partial charge on any atom is 0.345 e. The molecule has 0 saturated heterocycles. The monoisotopic (exact) mass is 306 g/mol.